The van der Waals surface area contributed by atoms with Gasteiger partial charge < -0.3 is 4.42 Å². The number of piperidine rings is 1. The third-order valence-corrected chi connectivity index (χ3v) is 4.97. The van der Waals surface area contributed by atoms with Crippen molar-refractivity contribution in [1.29, 1.82) is 0 Å². The van der Waals surface area contributed by atoms with Gasteiger partial charge in [0.2, 0.25) is 5.78 Å². The van der Waals surface area contributed by atoms with E-state index in [0.29, 0.717) is 6.42 Å². The fraction of sp³-hybridized carbons (Fsp3) is 0.474. The van der Waals surface area contributed by atoms with Crippen molar-refractivity contribution in [3.05, 3.63) is 53.2 Å². The zero-order chi connectivity index (χ0) is 16.8. The van der Waals surface area contributed by atoms with Crippen molar-refractivity contribution in [2.75, 3.05) is 13.1 Å². The molecule has 1 aromatic carbocycles. The van der Waals surface area contributed by atoms with Crippen molar-refractivity contribution in [2.45, 2.75) is 38.6 Å². The van der Waals surface area contributed by atoms with Crippen LogP contribution in [0.1, 0.15) is 48.4 Å². The minimum atomic E-state index is 0.0141. The van der Waals surface area contributed by atoms with Gasteiger partial charge in [-0.3, -0.25) is 9.69 Å². The van der Waals surface area contributed by atoms with E-state index in [1.807, 2.05) is 12.1 Å². The molecule has 2 heterocycles. The van der Waals surface area contributed by atoms with Gasteiger partial charge in [0, 0.05) is 18.0 Å². The maximum absolute atomic E-state index is 11.9. The van der Waals surface area contributed by atoms with Gasteiger partial charge in [-0.15, -0.1) is 0 Å². The SMILES string of the molecule is O=C(CCCC1CCN(Cc2ccc(Cl)cc2)CC1)c1ncco1. The van der Waals surface area contributed by atoms with Gasteiger partial charge in [-0.25, -0.2) is 4.98 Å². The number of nitrogens with zero attached hydrogens (tertiary/aromatic N) is 2. The van der Waals surface area contributed by atoms with Gasteiger partial charge in [0.1, 0.15) is 6.26 Å². The van der Waals surface area contributed by atoms with Crippen molar-refractivity contribution in [3.8, 4) is 0 Å². The van der Waals surface area contributed by atoms with Gasteiger partial charge >= 0.3 is 0 Å². The summed E-state index contributed by atoms with van der Waals surface area (Å²) in [6, 6.07) is 8.11. The molecule has 0 unspecified atom stereocenters. The summed E-state index contributed by atoms with van der Waals surface area (Å²) in [4.78, 5) is 18.3. The van der Waals surface area contributed by atoms with E-state index in [1.54, 1.807) is 0 Å². The minimum Gasteiger partial charge on any atom is -0.442 e. The smallest absolute Gasteiger partial charge is 0.263 e. The average molecular weight is 347 g/mol. The number of Topliss-reactive ketones (excluding diaryl/α,β-unsaturated/α-hetero) is 1. The lowest BCUT2D eigenvalue weighted by Crippen LogP contribution is -2.33. The zero-order valence-corrected chi connectivity index (χ0v) is 14.5. The van der Waals surface area contributed by atoms with Gasteiger partial charge in [0.25, 0.3) is 5.89 Å². The first kappa shape index (κ1) is 17.2. The van der Waals surface area contributed by atoms with E-state index < -0.39 is 0 Å². The molecule has 0 N–H and O–H groups in total. The number of hydrogen-bond donors (Lipinski definition) is 0. The standard InChI is InChI=1S/C19H23ClN2O2/c20-17-6-4-16(5-7-17)14-22-11-8-15(9-12-22)2-1-3-18(23)19-21-10-13-24-19/h4-7,10,13,15H,1-3,8-9,11-12,14H2. The monoisotopic (exact) mass is 346 g/mol. The molecule has 1 aromatic heterocycles. The number of hydrogen-bond acceptors (Lipinski definition) is 4. The normalized spacial score (nSPS) is 16.4. The molecule has 1 saturated heterocycles. The number of carbonyl (C=O) groups is 1. The second kappa shape index (κ2) is 8.45. The van der Waals surface area contributed by atoms with Crippen LogP contribution in [0.25, 0.3) is 0 Å². The summed E-state index contributed by atoms with van der Waals surface area (Å²) >= 11 is 5.93. The number of carbonyl (C=O) groups excluding carboxylic acids is 1. The number of oxazole rings is 1. The topological polar surface area (TPSA) is 46.3 Å². The Bertz CT molecular complexity index is 632. The summed E-state index contributed by atoms with van der Waals surface area (Å²) in [5.41, 5.74) is 1.31. The second-order valence-corrected chi connectivity index (χ2v) is 6.94. The van der Waals surface area contributed by atoms with Crippen LogP contribution in [0.5, 0.6) is 0 Å². The summed E-state index contributed by atoms with van der Waals surface area (Å²) in [6.07, 6.45) is 7.95. The fourth-order valence-electron chi connectivity index (χ4n) is 3.30. The van der Waals surface area contributed by atoms with Crippen molar-refractivity contribution in [1.82, 2.24) is 9.88 Å². The first-order chi connectivity index (χ1) is 11.7. The molecule has 0 aliphatic carbocycles. The largest absolute Gasteiger partial charge is 0.442 e. The molecule has 0 bridgehead atoms. The van der Waals surface area contributed by atoms with Crippen LogP contribution < -0.4 is 0 Å². The molecule has 0 spiro atoms. The van der Waals surface area contributed by atoms with E-state index in [1.165, 1.54) is 30.9 Å². The number of rotatable bonds is 7. The molecule has 5 heteroatoms. The Morgan fingerprint density at radius 1 is 1.25 bits per heavy atom. The van der Waals surface area contributed by atoms with E-state index in [0.717, 1.165) is 43.4 Å². The Hall–Kier alpha value is -1.65. The Kier molecular flexibility index (Phi) is 6.05. The summed E-state index contributed by atoms with van der Waals surface area (Å²) in [5, 5.41) is 0.789. The van der Waals surface area contributed by atoms with Gasteiger partial charge in [-0.05, 0) is 62.4 Å². The molecule has 1 aliphatic heterocycles. The quantitative estimate of drug-likeness (QED) is 0.688. The first-order valence-electron chi connectivity index (χ1n) is 8.60. The summed E-state index contributed by atoms with van der Waals surface area (Å²) < 4.78 is 5.04. The van der Waals surface area contributed by atoms with E-state index in [4.69, 9.17) is 16.0 Å². The summed E-state index contributed by atoms with van der Waals surface area (Å²) in [5.74, 6) is 0.983. The Morgan fingerprint density at radius 3 is 2.67 bits per heavy atom. The van der Waals surface area contributed by atoms with E-state index in [2.05, 4.69) is 22.0 Å². The molecule has 128 valence electrons. The van der Waals surface area contributed by atoms with Crippen LogP contribution in [0.2, 0.25) is 5.02 Å². The molecule has 2 aromatic rings. The molecular weight excluding hydrogens is 324 g/mol. The Morgan fingerprint density at radius 2 is 2.00 bits per heavy atom. The number of halogens is 1. The highest BCUT2D eigenvalue weighted by Crippen LogP contribution is 2.24. The second-order valence-electron chi connectivity index (χ2n) is 6.50. The maximum Gasteiger partial charge on any atom is 0.263 e. The van der Waals surface area contributed by atoms with Crippen molar-refractivity contribution in [3.63, 3.8) is 0 Å². The Balaban J connectivity index is 1.34. The first-order valence-corrected chi connectivity index (χ1v) is 8.98. The number of benzene rings is 1. The van der Waals surface area contributed by atoms with Crippen LogP contribution in [0.3, 0.4) is 0 Å². The van der Waals surface area contributed by atoms with Crippen molar-refractivity contribution in [2.24, 2.45) is 5.92 Å². The predicted molar refractivity (Wildman–Crippen MR) is 94.1 cm³/mol. The van der Waals surface area contributed by atoms with Crippen LogP contribution in [0, 0.1) is 5.92 Å². The molecule has 0 radical (unpaired) electrons. The summed E-state index contributed by atoms with van der Waals surface area (Å²) in [6.45, 7) is 3.24. The predicted octanol–water partition coefficient (Wildman–Crippen LogP) is 4.59. The lowest BCUT2D eigenvalue weighted by Gasteiger charge is -2.32. The zero-order valence-electron chi connectivity index (χ0n) is 13.8. The van der Waals surface area contributed by atoms with Gasteiger partial charge in [0.05, 0.1) is 6.20 Å². The van der Waals surface area contributed by atoms with Crippen LogP contribution in [-0.2, 0) is 6.54 Å². The molecule has 4 nitrogen and oxygen atoms in total. The van der Waals surface area contributed by atoms with E-state index in [9.17, 15) is 4.79 Å². The highest BCUT2D eigenvalue weighted by atomic mass is 35.5. The van der Waals surface area contributed by atoms with Crippen molar-refractivity contribution >= 4 is 17.4 Å². The van der Waals surface area contributed by atoms with Crippen LogP contribution in [0.4, 0.5) is 0 Å². The third-order valence-electron chi connectivity index (χ3n) is 4.71. The lowest BCUT2D eigenvalue weighted by atomic mass is 9.91. The minimum absolute atomic E-state index is 0.0141. The molecule has 0 amide bonds. The van der Waals surface area contributed by atoms with Crippen LogP contribution in [-0.4, -0.2) is 28.8 Å². The van der Waals surface area contributed by atoms with Gasteiger partial charge in [-0.2, -0.15) is 0 Å². The number of ketones is 1. The molecule has 1 aliphatic rings. The molecule has 3 rings (SSSR count). The Labute approximate surface area is 147 Å². The number of likely N-dealkylation sites (tertiary alicyclic amines) is 1. The lowest BCUT2D eigenvalue weighted by molar-refractivity contribution is 0.0940. The van der Waals surface area contributed by atoms with E-state index in [-0.39, 0.29) is 11.7 Å². The highest BCUT2D eigenvalue weighted by Gasteiger charge is 2.20. The van der Waals surface area contributed by atoms with Crippen molar-refractivity contribution < 1.29 is 9.21 Å². The fourth-order valence-corrected chi connectivity index (χ4v) is 3.43. The average Bonchev–Trinajstić information content (AvgIpc) is 3.13. The molecule has 0 saturated carbocycles. The number of aromatic nitrogens is 1. The molecule has 24 heavy (non-hydrogen) atoms. The third kappa shape index (κ3) is 4.92. The van der Waals surface area contributed by atoms with E-state index >= 15 is 0 Å². The van der Waals surface area contributed by atoms with Gasteiger partial charge in [0.15, 0.2) is 0 Å². The van der Waals surface area contributed by atoms with Crippen LogP contribution >= 0.6 is 11.6 Å². The van der Waals surface area contributed by atoms with Gasteiger partial charge in [-0.1, -0.05) is 23.7 Å². The molecular formula is C19H23ClN2O2. The molecule has 1 fully saturated rings. The van der Waals surface area contributed by atoms with Crippen LogP contribution in [0.15, 0.2) is 41.1 Å². The molecule has 0 atom stereocenters. The maximum atomic E-state index is 11.9. The highest BCUT2D eigenvalue weighted by molar-refractivity contribution is 6.30. The summed E-state index contributed by atoms with van der Waals surface area (Å²) in [7, 11) is 0.